The first-order valence-electron chi connectivity index (χ1n) is 15.0. The van der Waals surface area contributed by atoms with Gasteiger partial charge in [-0.2, -0.15) is 0 Å². The van der Waals surface area contributed by atoms with Gasteiger partial charge in [-0.1, -0.05) is 90.2 Å². The Labute approximate surface area is 256 Å². The molecule has 0 atom stereocenters. The topological polar surface area (TPSA) is 98.1 Å². The van der Waals surface area contributed by atoms with Crippen LogP contribution in [0.15, 0.2) is 103 Å². The second-order valence-corrected chi connectivity index (χ2v) is 11.1. The summed E-state index contributed by atoms with van der Waals surface area (Å²) in [5.74, 6) is 0. The van der Waals surface area contributed by atoms with Crippen LogP contribution >= 0.6 is 0 Å². The van der Waals surface area contributed by atoms with Gasteiger partial charge in [0, 0.05) is 23.7 Å². The molecule has 2 N–H and O–H groups in total. The molecule has 0 radical (unpaired) electrons. The van der Waals surface area contributed by atoms with E-state index < -0.39 is 6.09 Å². The Bertz CT molecular complexity index is 1740. The number of rotatable bonds is 10. The summed E-state index contributed by atoms with van der Waals surface area (Å²) in [6.45, 7) is 1.35. The third kappa shape index (κ3) is 7.27. The lowest BCUT2D eigenvalue weighted by molar-refractivity contribution is 0.0790. The number of nitrogens with one attached hydrogen (secondary N) is 2. The smallest absolute Gasteiger partial charge is 0.411 e. The third-order valence-corrected chi connectivity index (χ3v) is 8.01. The first-order valence-corrected chi connectivity index (χ1v) is 15.0. The summed E-state index contributed by atoms with van der Waals surface area (Å²) in [7, 11) is 0. The van der Waals surface area contributed by atoms with Gasteiger partial charge in [0.2, 0.25) is 0 Å². The Morgan fingerprint density at radius 1 is 0.886 bits per heavy atom. The molecule has 1 aliphatic rings. The van der Waals surface area contributed by atoms with Crippen LogP contribution in [0.2, 0.25) is 0 Å². The molecular formula is C36H35N5O3. The van der Waals surface area contributed by atoms with Crippen LogP contribution in [-0.2, 0) is 17.8 Å². The first kappa shape index (κ1) is 29.0. The summed E-state index contributed by atoms with van der Waals surface area (Å²) in [5, 5.41) is 15.1. The summed E-state index contributed by atoms with van der Waals surface area (Å²) in [4.78, 5) is 24.2. The quantitative estimate of drug-likeness (QED) is 0.167. The van der Waals surface area contributed by atoms with Crippen molar-refractivity contribution in [3.63, 3.8) is 0 Å². The zero-order chi connectivity index (χ0) is 30.1. The molecule has 6 rings (SSSR count). The van der Waals surface area contributed by atoms with Gasteiger partial charge in [-0.25, -0.2) is 9.48 Å². The molecule has 1 fully saturated rings. The minimum Gasteiger partial charge on any atom is -0.446 e. The summed E-state index contributed by atoms with van der Waals surface area (Å²) in [6.07, 6.45) is 7.85. The predicted molar refractivity (Wildman–Crippen MR) is 173 cm³/mol. The lowest BCUT2D eigenvalue weighted by atomic mass is 9.93. The van der Waals surface area contributed by atoms with Crippen molar-refractivity contribution in [2.45, 2.75) is 50.9 Å². The number of hydrogen-bond acceptors (Lipinski definition) is 6. The molecule has 0 unspecified atom stereocenters. The van der Waals surface area contributed by atoms with Crippen molar-refractivity contribution in [2.24, 2.45) is 0 Å². The van der Waals surface area contributed by atoms with Crippen LogP contribution in [0.25, 0.3) is 28.2 Å². The van der Waals surface area contributed by atoms with Crippen molar-refractivity contribution in [1.82, 2.24) is 20.3 Å². The molecule has 1 amide bonds. The van der Waals surface area contributed by atoms with Gasteiger partial charge in [0.05, 0.1) is 17.7 Å². The Morgan fingerprint density at radius 3 is 2.41 bits per heavy atom. The van der Waals surface area contributed by atoms with E-state index in [2.05, 4.69) is 45.2 Å². The zero-order valence-corrected chi connectivity index (χ0v) is 24.4. The van der Waals surface area contributed by atoms with E-state index in [1.54, 1.807) is 16.8 Å². The molecule has 0 aliphatic heterocycles. The zero-order valence-electron chi connectivity index (χ0n) is 24.4. The normalized spacial score (nSPS) is 16.6. The van der Waals surface area contributed by atoms with Gasteiger partial charge in [-0.15, -0.1) is 5.10 Å². The van der Waals surface area contributed by atoms with Gasteiger partial charge in [0.1, 0.15) is 17.9 Å². The van der Waals surface area contributed by atoms with Gasteiger partial charge in [-0.3, -0.25) is 10.1 Å². The maximum atomic E-state index is 13.1. The SMILES string of the molecule is O=Cc1ccc2c(c1)nnn2CC=Cc1ccc(-c2ccccc2)c(NC(=O)OC2CCC(NCc3ccccc3)CC2)c1. The van der Waals surface area contributed by atoms with Crippen LogP contribution in [0.4, 0.5) is 10.5 Å². The second kappa shape index (κ2) is 13.9. The van der Waals surface area contributed by atoms with Gasteiger partial charge in [0.15, 0.2) is 0 Å². The Morgan fingerprint density at radius 2 is 1.64 bits per heavy atom. The van der Waals surface area contributed by atoms with E-state index in [0.717, 1.165) is 60.7 Å². The molecule has 8 heteroatoms. The minimum atomic E-state index is -0.437. The fraction of sp³-hybridized carbons (Fsp3) is 0.222. The lowest BCUT2D eigenvalue weighted by Gasteiger charge is -2.29. The van der Waals surface area contributed by atoms with Crippen LogP contribution in [0, 0.1) is 0 Å². The average molecular weight is 586 g/mol. The molecule has 1 saturated carbocycles. The van der Waals surface area contributed by atoms with Crippen LogP contribution in [0.5, 0.6) is 0 Å². The highest BCUT2D eigenvalue weighted by atomic mass is 16.6. The lowest BCUT2D eigenvalue weighted by Crippen LogP contribution is -2.36. The Kier molecular flexibility index (Phi) is 9.18. The maximum Gasteiger partial charge on any atom is 0.411 e. The van der Waals surface area contributed by atoms with Crippen molar-refractivity contribution in [3.05, 3.63) is 120 Å². The first-order chi connectivity index (χ1) is 21.6. The number of hydrogen-bond donors (Lipinski definition) is 2. The third-order valence-electron chi connectivity index (χ3n) is 8.01. The number of benzene rings is 4. The molecule has 1 aliphatic carbocycles. The number of aromatic nitrogens is 3. The molecule has 1 aromatic heterocycles. The monoisotopic (exact) mass is 585 g/mol. The maximum absolute atomic E-state index is 13.1. The number of anilines is 1. The Balaban J connectivity index is 1.09. The van der Waals surface area contributed by atoms with E-state index in [1.165, 1.54) is 5.56 Å². The molecule has 0 bridgehead atoms. The molecule has 8 nitrogen and oxygen atoms in total. The molecule has 0 spiro atoms. The molecule has 5 aromatic rings. The van der Waals surface area contributed by atoms with Gasteiger partial charge in [0.25, 0.3) is 0 Å². The summed E-state index contributed by atoms with van der Waals surface area (Å²) < 4.78 is 7.67. The number of aldehydes is 1. The van der Waals surface area contributed by atoms with Gasteiger partial charge >= 0.3 is 6.09 Å². The van der Waals surface area contributed by atoms with Crippen LogP contribution in [0.3, 0.4) is 0 Å². The molecule has 44 heavy (non-hydrogen) atoms. The predicted octanol–water partition coefficient (Wildman–Crippen LogP) is 7.27. The molecular weight excluding hydrogens is 550 g/mol. The van der Waals surface area contributed by atoms with Crippen molar-refractivity contribution in [3.8, 4) is 11.1 Å². The van der Waals surface area contributed by atoms with E-state index in [9.17, 15) is 9.59 Å². The van der Waals surface area contributed by atoms with Crippen molar-refractivity contribution in [1.29, 1.82) is 0 Å². The summed E-state index contributed by atoms with van der Waals surface area (Å²) in [5.41, 5.74) is 6.92. The van der Waals surface area contributed by atoms with Crippen molar-refractivity contribution in [2.75, 3.05) is 5.32 Å². The number of carbonyl (C=O) groups excluding carboxylic acids is 2. The molecule has 0 saturated heterocycles. The number of fused-ring (bicyclic) bond motifs is 1. The van der Waals surface area contributed by atoms with Gasteiger partial charge in [-0.05, 0) is 66.6 Å². The fourth-order valence-electron chi connectivity index (χ4n) is 5.66. The number of nitrogens with zero attached hydrogens (tertiary/aromatic N) is 3. The van der Waals surface area contributed by atoms with Gasteiger partial charge < -0.3 is 10.1 Å². The van der Waals surface area contributed by atoms with Crippen LogP contribution < -0.4 is 10.6 Å². The number of allylic oxidation sites excluding steroid dienone is 1. The molecule has 222 valence electrons. The molecule has 4 aromatic carbocycles. The second-order valence-electron chi connectivity index (χ2n) is 11.1. The summed E-state index contributed by atoms with van der Waals surface area (Å²) >= 11 is 0. The highest BCUT2D eigenvalue weighted by Crippen LogP contribution is 2.30. The average Bonchev–Trinajstić information content (AvgIpc) is 3.47. The largest absolute Gasteiger partial charge is 0.446 e. The number of carbonyl (C=O) groups is 2. The highest BCUT2D eigenvalue weighted by molar-refractivity contribution is 5.92. The van der Waals surface area contributed by atoms with Crippen molar-refractivity contribution >= 4 is 35.2 Å². The number of ether oxygens (including phenoxy) is 1. The van der Waals surface area contributed by atoms with E-state index in [1.807, 2.05) is 72.8 Å². The molecule has 1 heterocycles. The standard InChI is InChI=1S/C36H35N5O3/c42-25-28-14-20-35-34(23-28)39-40-41(35)21-7-10-26-13-19-32(29-11-5-2-6-12-29)33(22-26)38-36(43)44-31-17-15-30(16-18-31)37-24-27-8-3-1-4-9-27/h1-14,19-20,22-23,25,30-31,37H,15-18,21,24H2,(H,38,43). The summed E-state index contributed by atoms with van der Waals surface area (Å²) in [6, 6.07) is 32.1. The van der Waals surface area contributed by atoms with E-state index >= 15 is 0 Å². The van der Waals surface area contributed by atoms with E-state index in [4.69, 9.17) is 4.74 Å². The Hall–Kier alpha value is -5.08. The van der Waals surface area contributed by atoms with Crippen LogP contribution in [-0.4, -0.2) is 39.5 Å². The minimum absolute atomic E-state index is 0.104. The number of amides is 1. The van der Waals surface area contributed by atoms with E-state index in [-0.39, 0.29) is 6.10 Å². The van der Waals surface area contributed by atoms with Crippen molar-refractivity contribution < 1.29 is 14.3 Å². The fourth-order valence-corrected chi connectivity index (χ4v) is 5.66. The van der Waals surface area contributed by atoms with Crippen LogP contribution in [0.1, 0.15) is 47.2 Å². The highest BCUT2D eigenvalue weighted by Gasteiger charge is 2.24. The van der Waals surface area contributed by atoms with E-state index in [0.29, 0.717) is 29.4 Å².